The summed E-state index contributed by atoms with van der Waals surface area (Å²) in [6.07, 6.45) is 25.1. The standard InChI is InChI=1S/C24H36O4.C23H34O4/c1-22-11-8-19-18-9-12-24(27-13-14-28-24)15-17(18)6-7-20(19)21(22)5-4-10-23(22,26-3)16-25-2;1-21-10-7-18-17-8-11-23(26-12-13-27-23)14-16(17)5-6-19(18)20(21)4-3-9-22(21,24)15-25-2/h8,20-21H,4-7,9-16H2,1-3H3;7,19-20,24H,3-6,8-15H2,1-2H3/t20-,21+,22+,23-;19-,20+,21+,22-/m11/s1. The first-order chi connectivity index (χ1) is 26.6. The van der Waals surface area contributed by atoms with Crippen molar-refractivity contribution >= 4 is 0 Å². The number of methoxy groups -OCH3 is 3. The Morgan fingerprint density at radius 3 is 1.62 bits per heavy atom. The van der Waals surface area contributed by atoms with Crippen molar-refractivity contribution in [1.82, 2.24) is 0 Å². The highest BCUT2D eigenvalue weighted by atomic mass is 16.7. The Bertz CT molecular complexity index is 1590. The minimum absolute atomic E-state index is 0.0684. The van der Waals surface area contributed by atoms with Crippen molar-refractivity contribution in [1.29, 1.82) is 0 Å². The monoisotopic (exact) mass is 763 g/mol. The molecule has 0 aromatic heterocycles. The normalized spacial score (nSPS) is 42.6. The second-order valence-electron chi connectivity index (χ2n) is 19.7. The summed E-state index contributed by atoms with van der Waals surface area (Å²) in [5, 5.41) is 11.5. The predicted molar refractivity (Wildman–Crippen MR) is 211 cm³/mol. The summed E-state index contributed by atoms with van der Waals surface area (Å²) < 4.78 is 41.5. The Hall–Kier alpha value is -1.36. The molecule has 2 aliphatic heterocycles. The van der Waals surface area contributed by atoms with Gasteiger partial charge in [-0.15, -0.1) is 0 Å². The van der Waals surface area contributed by atoms with Gasteiger partial charge in [0.1, 0.15) is 0 Å². The van der Waals surface area contributed by atoms with E-state index in [4.69, 9.17) is 33.2 Å². The SMILES string of the molecule is COC[C@]1(O)CCC[C@H]2[C@@H]3CCC4=C(CCC5(C4)OCCO5)C3=CC[C@@]21C.COC[C@]1(OC)CCC[C@H]2[C@@H]3CCC4=C(CCC5(C4)OCCO5)C3=CC[C@@]21C. The topological polar surface area (TPSA) is 84.8 Å². The molecule has 2 saturated heterocycles. The molecule has 55 heavy (non-hydrogen) atoms. The molecule has 2 spiro atoms. The van der Waals surface area contributed by atoms with Crippen molar-refractivity contribution < 1.29 is 38.3 Å². The third-order valence-corrected chi connectivity index (χ3v) is 17.5. The van der Waals surface area contributed by atoms with Gasteiger partial charge in [0.2, 0.25) is 0 Å². The lowest BCUT2D eigenvalue weighted by atomic mass is 9.48. The molecule has 8 aliphatic carbocycles. The molecule has 0 unspecified atom stereocenters. The molecule has 8 atom stereocenters. The van der Waals surface area contributed by atoms with Crippen molar-refractivity contribution in [2.24, 2.45) is 34.5 Å². The van der Waals surface area contributed by atoms with Gasteiger partial charge in [-0.3, -0.25) is 0 Å². The van der Waals surface area contributed by atoms with Crippen LogP contribution in [0.2, 0.25) is 0 Å². The Balaban J connectivity index is 0.000000144. The minimum Gasteiger partial charge on any atom is -0.387 e. The molecule has 4 fully saturated rings. The van der Waals surface area contributed by atoms with Gasteiger partial charge in [-0.2, -0.15) is 0 Å². The van der Waals surface area contributed by atoms with Gasteiger partial charge in [0.15, 0.2) is 11.6 Å². The second-order valence-corrected chi connectivity index (χ2v) is 19.7. The van der Waals surface area contributed by atoms with Crippen molar-refractivity contribution in [2.75, 3.05) is 61.0 Å². The van der Waals surface area contributed by atoms with E-state index in [-0.39, 0.29) is 28.0 Å². The Kier molecular flexibility index (Phi) is 10.5. The van der Waals surface area contributed by atoms with Crippen LogP contribution in [0.3, 0.4) is 0 Å². The highest BCUT2D eigenvalue weighted by Crippen LogP contribution is 2.63. The molecule has 306 valence electrons. The van der Waals surface area contributed by atoms with E-state index in [1.54, 1.807) is 40.5 Å². The fourth-order valence-corrected chi connectivity index (χ4v) is 14.6. The van der Waals surface area contributed by atoms with Gasteiger partial charge in [-0.1, -0.05) is 50.0 Å². The zero-order valence-corrected chi connectivity index (χ0v) is 34.7. The van der Waals surface area contributed by atoms with Gasteiger partial charge < -0.3 is 38.3 Å². The molecule has 0 amide bonds. The van der Waals surface area contributed by atoms with E-state index in [0.29, 0.717) is 36.9 Å². The first-order valence-corrected chi connectivity index (χ1v) is 22.2. The van der Waals surface area contributed by atoms with Gasteiger partial charge in [0.25, 0.3) is 0 Å². The van der Waals surface area contributed by atoms with Crippen molar-refractivity contribution in [3.63, 3.8) is 0 Å². The van der Waals surface area contributed by atoms with Crippen LogP contribution in [0.15, 0.2) is 45.6 Å². The molecular formula is C47H70O8. The zero-order chi connectivity index (χ0) is 38.1. The average molecular weight is 763 g/mol. The average Bonchev–Trinajstić information content (AvgIpc) is 3.84. The molecular weight excluding hydrogens is 693 g/mol. The summed E-state index contributed by atoms with van der Waals surface area (Å²) in [5.41, 5.74) is 8.99. The lowest BCUT2D eigenvalue weighted by Crippen LogP contribution is -2.60. The van der Waals surface area contributed by atoms with Crippen LogP contribution in [-0.4, -0.2) is 88.9 Å². The quantitative estimate of drug-likeness (QED) is 0.298. The summed E-state index contributed by atoms with van der Waals surface area (Å²) in [6, 6.07) is 0. The van der Waals surface area contributed by atoms with Crippen LogP contribution in [-0.2, 0) is 33.2 Å². The van der Waals surface area contributed by atoms with Gasteiger partial charge in [0.05, 0.1) is 50.8 Å². The van der Waals surface area contributed by atoms with Gasteiger partial charge in [-0.05, 0) is 123 Å². The van der Waals surface area contributed by atoms with Crippen molar-refractivity contribution in [3.8, 4) is 0 Å². The number of aliphatic hydroxyl groups is 1. The Morgan fingerprint density at radius 1 is 0.618 bits per heavy atom. The highest BCUT2D eigenvalue weighted by molar-refractivity contribution is 5.46. The molecule has 2 saturated carbocycles. The number of allylic oxidation sites excluding steroid dienone is 6. The van der Waals surface area contributed by atoms with E-state index in [0.717, 1.165) is 97.1 Å². The predicted octanol–water partition coefficient (Wildman–Crippen LogP) is 8.92. The summed E-state index contributed by atoms with van der Waals surface area (Å²) in [4.78, 5) is 0. The van der Waals surface area contributed by atoms with Crippen LogP contribution in [0.1, 0.15) is 129 Å². The number of ether oxygens (including phenoxy) is 7. The second kappa shape index (κ2) is 14.7. The van der Waals surface area contributed by atoms with Crippen molar-refractivity contribution in [2.45, 2.75) is 152 Å². The van der Waals surface area contributed by atoms with Gasteiger partial charge in [-0.25, -0.2) is 0 Å². The molecule has 10 aliphatic rings. The van der Waals surface area contributed by atoms with Crippen LogP contribution in [0.25, 0.3) is 0 Å². The zero-order valence-electron chi connectivity index (χ0n) is 34.7. The number of rotatable bonds is 5. The maximum atomic E-state index is 11.5. The first-order valence-electron chi connectivity index (χ1n) is 22.2. The molecule has 0 aromatic carbocycles. The fourth-order valence-electron chi connectivity index (χ4n) is 14.6. The summed E-state index contributed by atoms with van der Waals surface area (Å²) in [6.45, 7) is 8.97. The largest absolute Gasteiger partial charge is 0.387 e. The number of fused-ring (bicyclic) bond motifs is 8. The van der Waals surface area contributed by atoms with E-state index in [9.17, 15) is 5.11 Å². The molecule has 0 radical (unpaired) electrons. The smallest absolute Gasteiger partial charge is 0.172 e. The lowest BCUT2D eigenvalue weighted by molar-refractivity contribution is -0.194. The maximum absolute atomic E-state index is 11.5. The highest BCUT2D eigenvalue weighted by Gasteiger charge is 2.60. The van der Waals surface area contributed by atoms with Crippen LogP contribution >= 0.6 is 0 Å². The van der Waals surface area contributed by atoms with Gasteiger partial charge in [0, 0.05) is 57.8 Å². The first kappa shape index (κ1) is 39.1. The molecule has 0 aromatic rings. The van der Waals surface area contributed by atoms with Crippen LogP contribution in [0, 0.1) is 34.5 Å². The molecule has 2 heterocycles. The van der Waals surface area contributed by atoms with E-state index >= 15 is 0 Å². The molecule has 1 N–H and O–H groups in total. The summed E-state index contributed by atoms with van der Waals surface area (Å²) in [5.74, 6) is 1.92. The minimum atomic E-state index is -0.691. The molecule has 8 nitrogen and oxygen atoms in total. The number of hydrogen-bond donors (Lipinski definition) is 1. The summed E-state index contributed by atoms with van der Waals surface area (Å²) >= 11 is 0. The van der Waals surface area contributed by atoms with E-state index < -0.39 is 5.60 Å². The Labute approximate surface area is 330 Å². The molecule has 8 heteroatoms. The number of hydrogen-bond acceptors (Lipinski definition) is 8. The maximum Gasteiger partial charge on any atom is 0.172 e. The lowest BCUT2D eigenvalue weighted by Gasteiger charge is -2.60. The Morgan fingerprint density at radius 2 is 1.11 bits per heavy atom. The van der Waals surface area contributed by atoms with Gasteiger partial charge >= 0.3 is 0 Å². The van der Waals surface area contributed by atoms with E-state index in [1.807, 2.05) is 14.2 Å². The van der Waals surface area contributed by atoms with E-state index in [1.165, 1.54) is 44.9 Å². The van der Waals surface area contributed by atoms with Crippen LogP contribution in [0.4, 0.5) is 0 Å². The van der Waals surface area contributed by atoms with E-state index in [2.05, 4.69) is 26.0 Å². The molecule has 0 bridgehead atoms. The fraction of sp³-hybridized carbons (Fsp3) is 0.830. The molecule has 10 rings (SSSR count). The summed E-state index contributed by atoms with van der Waals surface area (Å²) in [7, 11) is 5.44. The van der Waals surface area contributed by atoms with Crippen LogP contribution in [0.5, 0.6) is 0 Å². The third kappa shape index (κ3) is 6.19. The van der Waals surface area contributed by atoms with Crippen LogP contribution < -0.4 is 0 Å². The third-order valence-electron chi connectivity index (χ3n) is 17.5. The van der Waals surface area contributed by atoms with Crippen molar-refractivity contribution in [3.05, 3.63) is 45.6 Å².